The van der Waals surface area contributed by atoms with Crippen LogP contribution >= 0.6 is 0 Å². The van der Waals surface area contributed by atoms with Crippen LogP contribution in [0.15, 0.2) is 36.4 Å². The normalized spacial score (nSPS) is 11.7. The van der Waals surface area contributed by atoms with E-state index in [9.17, 15) is 9.59 Å². The van der Waals surface area contributed by atoms with Crippen molar-refractivity contribution >= 4 is 17.5 Å². The summed E-state index contributed by atoms with van der Waals surface area (Å²) in [6.45, 7) is 1.77. The second-order valence-electron chi connectivity index (χ2n) is 6.18. The van der Waals surface area contributed by atoms with Crippen LogP contribution in [0.4, 0.5) is 5.69 Å². The number of hydrogen-bond donors (Lipinski definition) is 1. The lowest BCUT2D eigenvalue weighted by atomic mass is 10.2. The number of amides is 2. The zero-order chi connectivity index (χ0) is 20.1. The molecule has 0 aromatic heterocycles. The topological polar surface area (TPSA) is 86.3 Å². The predicted octanol–water partition coefficient (Wildman–Crippen LogP) is 2.42. The van der Waals surface area contributed by atoms with Gasteiger partial charge in [0.05, 0.1) is 19.9 Å². The van der Waals surface area contributed by atoms with E-state index in [4.69, 9.17) is 18.9 Å². The highest BCUT2D eigenvalue weighted by molar-refractivity contribution is 5.95. The maximum atomic E-state index is 12.5. The van der Waals surface area contributed by atoms with Gasteiger partial charge in [-0.3, -0.25) is 9.59 Å². The van der Waals surface area contributed by atoms with Gasteiger partial charge < -0.3 is 29.2 Å². The van der Waals surface area contributed by atoms with E-state index in [1.54, 1.807) is 30.3 Å². The highest BCUT2D eigenvalue weighted by atomic mass is 16.7. The van der Waals surface area contributed by atoms with E-state index in [1.165, 1.54) is 26.0 Å². The van der Waals surface area contributed by atoms with Gasteiger partial charge in [-0.25, -0.2) is 0 Å². The fraction of sp³-hybridized carbons (Fsp3) is 0.300. The Morgan fingerprint density at radius 1 is 1.07 bits per heavy atom. The molecule has 8 heteroatoms. The third kappa shape index (κ3) is 4.46. The first kappa shape index (κ1) is 19.3. The quantitative estimate of drug-likeness (QED) is 0.787. The molecule has 1 heterocycles. The van der Waals surface area contributed by atoms with E-state index < -0.39 is 0 Å². The first-order valence-corrected chi connectivity index (χ1v) is 8.66. The van der Waals surface area contributed by atoms with Crippen molar-refractivity contribution < 1.29 is 28.5 Å². The highest BCUT2D eigenvalue weighted by Crippen LogP contribution is 2.33. The van der Waals surface area contributed by atoms with Gasteiger partial charge in [0.15, 0.2) is 11.5 Å². The maximum absolute atomic E-state index is 12.5. The smallest absolute Gasteiger partial charge is 0.244 e. The lowest BCUT2D eigenvalue weighted by Crippen LogP contribution is -2.36. The summed E-state index contributed by atoms with van der Waals surface area (Å²) in [5.41, 5.74) is 1.31. The van der Waals surface area contributed by atoms with Crippen molar-refractivity contribution in [2.24, 2.45) is 0 Å². The van der Waals surface area contributed by atoms with Crippen molar-refractivity contribution in [2.45, 2.75) is 13.5 Å². The molecule has 0 fully saturated rings. The van der Waals surface area contributed by atoms with Crippen molar-refractivity contribution in [3.63, 3.8) is 0 Å². The van der Waals surface area contributed by atoms with Crippen LogP contribution in [0.3, 0.4) is 0 Å². The molecule has 0 saturated carbocycles. The van der Waals surface area contributed by atoms with Crippen LogP contribution in [0.2, 0.25) is 0 Å². The average molecular weight is 386 g/mol. The minimum Gasteiger partial charge on any atom is -0.497 e. The number of carbonyl (C=O) groups excluding carboxylic acids is 2. The maximum Gasteiger partial charge on any atom is 0.244 e. The van der Waals surface area contributed by atoms with Gasteiger partial charge in [-0.2, -0.15) is 0 Å². The Morgan fingerprint density at radius 2 is 1.86 bits per heavy atom. The molecule has 2 amide bonds. The standard InChI is InChI=1S/C20H22N2O6/c1-13(23)22(10-14-4-6-18-19(8-14)28-12-27-18)11-20(24)21-16-9-15(25-2)5-7-17(16)26-3/h4-9H,10-12H2,1-3H3,(H,21,24). The molecule has 0 bridgehead atoms. The lowest BCUT2D eigenvalue weighted by Gasteiger charge is -2.21. The number of carbonyl (C=O) groups is 2. The second-order valence-corrected chi connectivity index (χ2v) is 6.18. The van der Waals surface area contributed by atoms with Crippen molar-refractivity contribution in [1.82, 2.24) is 4.90 Å². The van der Waals surface area contributed by atoms with Crippen LogP contribution < -0.4 is 24.3 Å². The van der Waals surface area contributed by atoms with Crippen LogP contribution in [0.1, 0.15) is 12.5 Å². The number of anilines is 1. The van der Waals surface area contributed by atoms with E-state index in [1.807, 2.05) is 6.07 Å². The Hall–Kier alpha value is -3.42. The number of nitrogens with zero attached hydrogens (tertiary/aromatic N) is 1. The summed E-state index contributed by atoms with van der Waals surface area (Å²) in [5.74, 6) is 1.82. The van der Waals surface area contributed by atoms with Crippen LogP contribution in [0, 0.1) is 0 Å². The van der Waals surface area contributed by atoms with E-state index in [2.05, 4.69) is 5.32 Å². The molecule has 1 aliphatic rings. The third-order valence-electron chi connectivity index (χ3n) is 4.27. The van der Waals surface area contributed by atoms with Gasteiger partial charge in [-0.05, 0) is 29.8 Å². The summed E-state index contributed by atoms with van der Waals surface area (Å²) in [4.78, 5) is 26.0. The van der Waals surface area contributed by atoms with Crippen molar-refractivity contribution in [3.8, 4) is 23.0 Å². The molecule has 0 spiro atoms. The summed E-state index contributed by atoms with van der Waals surface area (Å²) in [6, 6.07) is 10.5. The second kappa shape index (κ2) is 8.51. The van der Waals surface area contributed by atoms with Crippen LogP contribution in [0.25, 0.3) is 0 Å². The molecule has 8 nitrogen and oxygen atoms in total. The molecule has 28 heavy (non-hydrogen) atoms. The van der Waals surface area contributed by atoms with E-state index in [-0.39, 0.29) is 31.7 Å². The minimum absolute atomic E-state index is 0.107. The van der Waals surface area contributed by atoms with Crippen LogP contribution in [-0.4, -0.2) is 44.3 Å². The Morgan fingerprint density at radius 3 is 2.57 bits per heavy atom. The van der Waals surface area contributed by atoms with Crippen molar-refractivity contribution in [1.29, 1.82) is 0 Å². The fourth-order valence-electron chi connectivity index (χ4n) is 2.81. The molecule has 0 aliphatic carbocycles. The minimum atomic E-state index is -0.345. The largest absolute Gasteiger partial charge is 0.497 e. The van der Waals surface area contributed by atoms with Gasteiger partial charge in [0.25, 0.3) is 0 Å². The molecule has 0 unspecified atom stereocenters. The fourth-order valence-corrected chi connectivity index (χ4v) is 2.81. The number of ether oxygens (including phenoxy) is 4. The third-order valence-corrected chi connectivity index (χ3v) is 4.27. The summed E-state index contributed by atoms with van der Waals surface area (Å²) < 4.78 is 21.1. The van der Waals surface area contributed by atoms with E-state index >= 15 is 0 Å². The highest BCUT2D eigenvalue weighted by Gasteiger charge is 2.18. The Balaban J connectivity index is 1.69. The van der Waals surface area contributed by atoms with Gasteiger partial charge in [0.2, 0.25) is 18.6 Å². The van der Waals surface area contributed by atoms with Crippen molar-refractivity contribution in [2.75, 3.05) is 32.9 Å². The molecule has 0 atom stereocenters. The summed E-state index contributed by atoms with van der Waals surface area (Å²) in [6.07, 6.45) is 0. The van der Waals surface area contributed by atoms with Gasteiger partial charge in [-0.15, -0.1) is 0 Å². The average Bonchev–Trinajstić information content (AvgIpc) is 3.15. The summed E-state index contributed by atoms with van der Waals surface area (Å²) in [7, 11) is 3.05. The molecular formula is C20H22N2O6. The molecule has 2 aromatic rings. The molecule has 0 saturated heterocycles. The SMILES string of the molecule is COc1ccc(OC)c(NC(=O)CN(Cc2ccc3c(c2)OCO3)C(C)=O)c1. The number of fused-ring (bicyclic) bond motifs is 1. The number of hydrogen-bond acceptors (Lipinski definition) is 6. The molecule has 3 rings (SSSR count). The lowest BCUT2D eigenvalue weighted by molar-refractivity contribution is -0.133. The molecule has 2 aromatic carbocycles. The number of benzene rings is 2. The number of rotatable bonds is 7. The monoisotopic (exact) mass is 386 g/mol. The first-order valence-electron chi connectivity index (χ1n) is 8.66. The van der Waals surface area contributed by atoms with Gasteiger partial charge in [0.1, 0.15) is 18.0 Å². The Kier molecular flexibility index (Phi) is 5.88. The van der Waals surface area contributed by atoms with Gasteiger partial charge in [-0.1, -0.05) is 6.07 Å². The zero-order valence-corrected chi connectivity index (χ0v) is 16.0. The first-order chi connectivity index (χ1) is 13.5. The van der Waals surface area contributed by atoms with E-state index in [0.717, 1.165) is 5.56 Å². The van der Waals surface area contributed by atoms with Crippen LogP contribution in [0.5, 0.6) is 23.0 Å². The Labute approximate surface area is 162 Å². The van der Waals surface area contributed by atoms with Crippen molar-refractivity contribution in [3.05, 3.63) is 42.0 Å². The molecule has 1 aliphatic heterocycles. The molecule has 1 N–H and O–H groups in total. The predicted molar refractivity (Wildman–Crippen MR) is 102 cm³/mol. The summed E-state index contributed by atoms with van der Waals surface area (Å²) >= 11 is 0. The van der Waals surface area contributed by atoms with E-state index in [0.29, 0.717) is 28.7 Å². The molecule has 0 radical (unpaired) electrons. The number of methoxy groups -OCH3 is 2. The molecule has 148 valence electrons. The van der Waals surface area contributed by atoms with Crippen LogP contribution in [-0.2, 0) is 16.1 Å². The number of nitrogens with one attached hydrogen (secondary N) is 1. The molecular weight excluding hydrogens is 364 g/mol. The van der Waals surface area contributed by atoms with Gasteiger partial charge >= 0.3 is 0 Å². The summed E-state index contributed by atoms with van der Waals surface area (Å²) in [5, 5.41) is 2.77. The van der Waals surface area contributed by atoms with Gasteiger partial charge in [0, 0.05) is 19.5 Å². The Bertz CT molecular complexity index is 883. The zero-order valence-electron chi connectivity index (χ0n) is 16.0.